The highest BCUT2D eigenvalue weighted by atomic mass is 19.1. The first-order valence-corrected chi connectivity index (χ1v) is 12.1. The van der Waals surface area contributed by atoms with Crippen LogP contribution < -0.4 is 20.7 Å². The molecule has 0 bridgehead atoms. The number of likely N-dealkylation sites (N-methyl/N-ethyl adjacent to an activating group) is 1. The summed E-state index contributed by atoms with van der Waals surface area (Å²) in [4.78, 5) is 23.1. The fourth-order valence-corrected chi connectivity index (χ4v) is 3.99. The number of carbonyl (C=O) groups is 1. The number of halogens is 1. The third-order valence-electron chi connectivity index (χ3n) is 6.41. The number of benzene rings is 2. The van der Waals surface area contributed by atoms with Crippen LogP contribution in [0.1, 0.15) is 6.92 Å². The summed E-state index contributed by atoms with van der Waals surface area (Å²) in [5.74, 6) is 0.454. The minimum Gasteiger partial charge on any atom is -0.494 e. The Morgan fingerprint density at radius 1 is 1.18 bits per heavy atom. The molecule has 198 valence electrons. The zero-order valence-electron chi connectivity index (χ0n) is 22.2. The van der Waals surface area contributed by atoms with Crippen molar-refractivity contribution in [3.8, 4) is 17.0 Å². The van der Waals surface area contributed by atoms with E-state index in [2.05, 4.69) is 44.3 Å². The van der Waals surface area contributed by atoms with Gasteiger partial charge in [-0.1, -0.05) is 6.58 Å². The second-order valence-electron chi connectivity index (χ2n) is 9.21. The summed E-state index contributed by atoms with van der Waals surface area (Å²) in [6.45, 7) is 6.31. The Bertz CT molecular complexity index is 1480. The molecule has 0 aliphatic rings. The minimum absolute atomic E-state index is 0.256. The smallest absolute Gasteiger partial charge is 0.247 e. The first-order valence-electron chi connectivity index (χ1n) is 12.1. The van der Waals surface area contributed by atoms with Gasteiger partial charge in [-0.3, -0.25) is 4.79 Å². The molecule has 0 radical (unpaired) electrons. The number of aryl methyl sites for hydroxylation is 1. The lowest BCUT2D eigenvalue weighted by molar-refractivity contribution is -0.111. The minimum atomic E-state index is -0.332. The number of anilines is 4. The van der Waals surface area contributed by atoms with Crippen LogP contribution in [0.3, 0.4) is 0 Å². The standard InChI is InChI=1S/C28H32FN7O2/c1-7-28(37)34-23-11-24(26(38-6)12-22(23)30-14-17(2)35(3)4)33-27-13-21(31-16-32-27)20-15-36(5)25-10-18(29)8-9-19(20)25/h7-13,15-17,30H,1,14H2,2-6H3,(H,34,37)(H,31,32,33). The van der Waals surface area contributed by atoms with Gasteiger partial charge in [-0.05, 0) is 51.4 Å². The van der Waals surface area contributed by atoms with Crippen molar-refractivity contribution in [3.05, 3.63) is 67.4 Å². The number of nitrogens with zero attached hydrogens (tertiary/aromatic N) is 4. The van der Waals surface area contributed by atoms with E-state index in [1.54, 1.807) is 19.2 Å². The molecule has 4 aromatic rings. The number of fused-ring (bicyclic) bond motifs is 1. The number of aromatic nitrogens is 3. The van der Waals surface area contributed by atoms with Gasteiger partial charge in [0.05, 0.1) is 35.4 Å². The van der Waals surface area contributed by atoms with E-state index in [-0.39, 0.29) is 17.8 Å². The summed E-state index contributed by atoms with van der Waals surface area (Å²) in [6.07, 6.45) is 4.59. The molecular weight excluding hydrogens is 485 g/mol. The predicted molar refractivity (Wildman–Crippen MR) is 151 cm³/mol. The largest absolute Gasteiger partial charge is 0.494 e. The summed E-state index contributed by atoms with van der Waals surface area (Å²) in [5, 5.41) is 10.4. The predicted octanol–water partition coefficient (Wildman–Crippen LogP) is 5.01. The van der Waals surface area contributed by atoms with Crippen molar-refractivity contribution < 1.29 is 13.9 Å². The molecule has 10 heteroatoms. The monoisotopic (exact) mass is 517 g/mol. The summed E-state index contributed by atoms with van der Waals surface area (Å²) in [7, 11) is 7.46. The fourth-order valence-electron chi connectivity index (χ4n) is 3.99. The van der Waals surface area contributed by atoms with Crippen molar-refractivity contribution in [1.29, 1.82) is 0 Å². The Morgan fingerprint density at radius 3 is 2.68 bits per heavy atom. The molecule has 1 unspecified atom stereocenters. The molecule has 1 atom stereocenters. The zero-order valence-corrected chi connectivity index (χ0v) is 22.2. The van der Waals surface area contributed by atoms with E-state index in [4.69, 9.17) is 4.74 Å². The van der Waals surface area contributed by atoms with Crippen LogP contribution in [0.2, 0.25) is 0 Å². The number of rotatable bonds is 10. The second-order valence-corrected chi connectivity index (χ2v) is 9.21. The van der Waals surface area contributed by atoms with Gasteiger partial charge in [0, 0.05) is 48.9 Å². The number of amides is 1. The first-order chi connectivity index (χ1) is 18.2. The van der Waals surface area contributed by atoms with E-state index >= 15 is 0 Å². The fraction of sp³-hybridized carbons (Fsp3) is 0.250. The quantitative estimate of drug-likeness (QED) is 0.254. The average Bonchev–Trinajstić information content (AvgIpc) is 3.23. The highest BCUT2D eigenvalue weighted by molar-refractivity contribution is 6.02. The molecule has 3 N–H and O–H groups in total. The number of carbonyl (C=O) groups excluding carboxylic acids is 1. The van der Waals surface area contributed by atoms with E-state index in [1.807, 2.05) is 44.0 Å². The van der Waals surface area contributed by atoms with Gasteiger partial charge in [-0.2, -0.15) is 0 Å². The third-order valence-corrected chi connectivity index (χ3v) is 6.41. The summed E-state index contributed by atoms with van der Waals surface area (Å²) in [6, 6.07) is 10.4. The number of hydrogen-bond donors (Lipinski definition) is 3. The summed E-state index contributed by atoms with van der Waals surface area (Å²) < 4.78 is 21.3. The normalized spacial score (nSPS) is 11.9. The molecule has 0 aliphatic carbocycles. The number of hydrogen-bond acceptors (Lipinski definition) is 7. The Labute approximate surface area is 221 Å². The Kier molecular flexibility index (Phi) is 7.92. The lowest BCUT2D eigenvalue weighted by Gasteiger charge is -2.23. The van der Waals surface area contributed by atoms with Gasteiger partial charge in [0.2, 0.25) is 5.91 Å². The molecular formula is C28H32FN7O2. The summed E-state index contributed by atoms with van der Waals surface area (Å²) in [5.41, 5.74) is 4.17. The molecule has 2 aromatic heterocycles. The van der Waals surface area contributed by atoms with Crippen molar-refractivity contribution in [2.75, 3.05) is 43.7 Å². The third kappa shape index (κ3) is 5.76. The lowest BCUT2D eigenvalue weighted by atomic mass is 10.1. The van der Waals surface area contributed by atoms with Crippen LogP contribution in [0, 0.1) is 5.82 Å². The highest BCUT2D eigenvalue weighted by Gasteiger charge is 2.16. The lowest BCUT2D eigenvalue weighted by Crippen LogP contribution is -2.31. The van der Waals surface area contributed by atoms with E-state index in [0.29, 0.717) is 40.9 Å². The van der Waals surface area contributed by atoms with Crippen molar-refractivity contribution in [3.63, 3.8) is 0 Å². The van der Waals surface area contributed by atoms with E-state index in [0.717, 1.165) is 16.5 Å². The summed E-state index contributed by atoms with van der Waals surface area (Å²) >= 11 is 0. The number of ether oxygens (including phenoxy) is 1. The van der Waals surface area contributed by atoms with Crippen LogP contribution in [-0.2, 0) is 11.8 Å². The molecule has 0 aliphatic heterocycles. The second kappa shape index (κ2) is 11.3. The van der Waals surface area contributed by atoms with Gasteiger partial charge in [-0.15, -0.1) is 0 Å². The Hall–Kier alpha value is -4.44. The van der Waals surface area contributed by atoms with E-state index < -0.39 is 0 Å². The maximum Gasteiger partial charge on any atom is 0.247 e. The molecule has 1 amide bonds. The molecule has 38 heavy (non-hydrogen) atoms. The maximum atomic E-state index is 13.8. The van der Waals surface area contributed by atoms with Gasteiger partial charge >= 0.3 is 0 Å². The molecule has 0 fully saturated rings. The van der Waals surface area contributed by atoms with E-state index in [1.165, 1.54) is 24.5 Å². The van der Waals surface area contributed by atoms with Gasteiger partial charge in [0.1, 0.15) is 23.7 Å². The van der Waals surface area contributed by atoms with Crippen LogP contribution >= 0.6 is 0 Å². The van der Waals surface area contributed by atoms with Crippen LogP contribution in [0.25, 0.3) is 22.2 Å². The van der Waals surface area contributed by atoms with Crippen molar-refractivity contribution in [2.45, 2.75) is 13.0 Å². The van der Waals surface area contributed by atoms with Crippen LogP contribution in [0.4, 0.5) is 27.3 Å². The molecule has 0 saturated heterocycles. The van der Waals surface area contributed by atoms with Gasteiger partial charge in [-0.25, -0.2) is 14.4 Å². The van der Waals surface area contributed by atoms with Gasteiger partial charge in [0.25, 0.3) is 0 Å². The average molecular weight is 518 g/mol. The van der Waals surface area contributed by atoms with Gasteiger partial charge in [0.15, 0.2) is 0 Å². The Balaban J connectivity index is 1.69. The highest BCUT2D eigenvalue weighted by Crippen LogP contribution is 2.37. The SMILES string of the molecule is C=CC(=O)Nc1cc(Nc2cc(-c3cn(C)c4cc(F)ccc34)ncn2)c(OC)cc1NCC(C)N(C)C. The van der Waals surface area contributed by atoms with Gasteiger partial charge < -0.3 is 30.2 Å². The molecule has 0 saturated carbocycles. The van der Waals surface area contributed by atoms with Crippen LogP contribution in [-0.4, -0.2) is 59.1 Å². The topological polar surface area (TPSA) is 96.3 Å². The molecule has 9 nitrogen and oxygen atoms in total. The number of nitrogens with one attached hydrogen (secondary N) is 3. The number of methoxy groups -OCH3 is 1. The van der Waals surface area contributed by atoms with Crippen LogP contribution in [0.15, 0.2) is 61.6 Å². The van der Waals surface area contributed by atoms with Crippen molar-refractivity contribution in [2.24, 2.45) is 7.05 Å². The van der Waals surface area contributed by atoms with Crippen LogP contribution in [0.5, 0.6) is 5.75 Å². The van der Waals surface area contributed by atoms with Crippen molar-refractivity contribution in [1.82, 2.24) is 19.4 Å². The maximum absolute atomic E-state index is 13.8. The molecule has 2 aromatic carbocycles. The first kappa shape index (κ1) is 26.6. The van der Waals surface area contributed by atoms with E-state index in [9.17, 15) is 9.18 Å². The molecule has 4 rings (SSSR count). The Morgan fingerprint density at radius 2 is 1.97 bits per heavy atom. The van der Waals surface area contributed by atoms with Crippen molar-refractivity contribution >= 4 is 39.7 Å². The molecule has 2 heterocycles. The molecule has 0 spiro atoms. The zero-order chi connectivity index (χ0) is 27.4.